The van der Waals surface area contributed by atoms with E-state index < -0.39 is 0 Å². The molecule has 1 aromatic carbocycles. The number of rotatable bonds is 4. The summed E-state index contributed by atoms with van der Waals surface area (Å²) >= 11 is 2.11. The molecule has 1 aliphatic heterocycles. The van der Waals surface area contributed by atoms with Crippen LogP contribution < -0.4 is 10.2 Å². The van der Waals surface area contributed by atoms with Gasteiger partial charge in [-0.15, -0.1) is 0 Å². The highest BCUT2D eigenvalue weighted by atomic mass is 32.2. The standard InChI is InChI=1S/C16H26N2S/c1-5-17-9-15-6-7-16(12(2)8-15)18-10-13(3)19-14(4)11-18/h6-8,13-14,17H,5,9-11H2,1-4H3. The molecule has 19 heavy (non-hydrogen) atoms. The van der Waals surface area contributed by atoms with Crippen LogP contribution in [0.2, 0.25) is 0 Å². The van der Waals surface area contributed by atoms with Gasteiger partial charge in [-0.2, -0.15) is 11.8 Å². The van der Waals surface area contributed by atoms with Crippen LogP contribution in [0, 0.1) is 6.92 Å². The maximum absolute atomic E-state index is 3.39. The Morgan fingerprint density at radius 1 is 1.26 bits per heavy atom. The summed E-state index contributed by atoms with van der Waals surface area (Å²) in [6, 6.07) is 6.90. The summed E-state index contributed by atoms with van der Waals surface area (Å²) in [4.78, 5) is 2.55. The second kappa shape index (κ2) is 6.67. The van der Waals surface area contributed by atoms with E-state index in [9.17, 15) is 0 Å². The first kappa shape index (κ1) is 14.7. The van der Waals surface area contributed by atoms with Gasteiger partial charge in [0, 0.05) is 35.8 Å². The smallest absolute Gasteiger partial charge is 0.0396 e. The Morgan fingerprint density at radius 3 is 2.53 bits per heavy atom. The third-order valence-electron chi connectivity index (χ3n) is 3.60. The molecule has 2 unspecified atom stereocenters. The number of anilines is 1. The lowest BCUT2D eigenvalue weighted by Gasteiger charge is -2.37. The van der Waals surface area contributed by atoms with Crippen molar-refractivity contribution in [2.75, 3.05) is 24.5 Å². The van der Waals surface area contributed by atoms with Gasteiger partial charge in [0.15, 0.2) is 0 Å². The van der Waals surface area contributed by atoms with E-state index in [4.69, 9.17) is 0 Å². The van der Waals surface area contributed by atoms with Gasteiger partial charge in [-0.3, -0.25) is 0 Å². The SMILES string of the molecule is CCNCc1ccc(N2CC(C)SC(C)C2)c(C)c1. The summed E-state index contributed by atoms with van der Waals surface area (Å²) in [7, 11) is 0. The highest BCUT2D eigenvalue weighted by molar-refractivity contribution is 8.00. The van der Waals surface area contributed by atoms with Crippen molar-refractivity contribution in [1.29, 1.82) is 0 Å². The van der Waals surface area contributed by atoms with Crippen LogP contribution in [0.5, 0.6) is 0 Å². The van der Waals surface area contributed by atoms with Crippen molar-refractivity contribution in [3.8, 4) is 0 Å². The van der Waals surface area contributed by atoms with Crippen molar-refractivity contribution < 1.29 is 0 Å². The van der Waals surface area contributed by atoms with Gasteiger partial charge in [0.05, 0.1) is 0 Å². The summed E-state index contributed by atoms with van der Waals surface area (Å²) in [5.74, 6) is 0. The minimum Gasteiger partial charge on any atom is -0.369 e. The Hall–Kier alpha value is -0.670. The monoisotopic (exact) mass is 278 g/mol. The van der Waals surface area contributed by atoms with Crippen LogP contribution in [0.25, 0.3) is 0 Å². The van der Waals surface area contributed by atoms with Gasteiger partial charge in [0.1, 0.15) is 0 Å². The first-order valence-corrected chi connectivity index (χ1v) is 8.25. The van der Waals surface area contributed by atoms with Gasteiger partial charge in [-0.25, -0.2) is 0 Å². The van der Waals surface area contributed by atoms with E-state index in [2.05, 4.69) is 67.9 Å². The molecule has 1 aliphatic rings. The van der Waals surface area contributed by atoms with Gasteiger partial charge in [-0.05, 0) is 30.7 Å². The first-order valence-electron chi connectivity index (χ1n) is 7.30. The molecule has 106 valence electrons. The predicted molar refractivity (Wildman–Crippen MR) is 87.3 cm³/mol. The molecule has 1 heterocycles. The predicted octanol–water partition coefficient (Wildman–Crippen LogP) is 3.43. The molecular formula is C16H26N2S. The zero-order chi connectivity index (χ0) is 13.8. The van der Waals surface area contributed by atoms with E-state index >= 15 is 0 Å². The molecule has 0 radical (unpaired) electrons. The molecule has 2 rings (SSSR count). The van der Waals surface area contributed by atoms with Crippen LogP contribution in [0.4, 0.5) is 5.69 Å². The fourth-order valence-corrected chi connectivity index (χ4v) is 4.15. The van der Waals surface area contributed by atoms with E-state index in [0.29, 0.717) is 0 Å². The summed E-state index contributed by atoms with van der Waals surface area (Å²) < 4.78 is 0. The Bertz CT molecular complexity index is 409. The van der Waals surface area contributed by atoms with Crippen LogP contribution in [0.3, 0.4) is 0 Å². The van der Waals surface area contributed by atoms with Gasteiger partial charge < -0.3 is 10.2 Å². The number of nitrogens with one attached hydrogen (secondary N) is 1. The molecule has 3 heteroatoms. The van der Waals surface area contributed by atoms with Crippen molar-refractivity contribution in [2.24, 2.45) is 0 Å². The molecule has 2 nitrogen and oxygen atoms in total. The van der Waals surface area contributed by atoms with E-state index in [0.717, 1.165) is 23.6 Å². The molecule has 1 saturated heterocycles. The van der Waals surface area contributed by atoms with E-state index in [-0.39, 0.29) is 0 Å². The van der Waals surface area contributed by atoms with Crippen LogP contribution >= 0.6 is 11.8 Å². The minimum atomic E-state index is 0.726. The highest BCUT2D eigenvalue weighted by Crippen LogP contribution is 2.30. The molecule has 0 aliphatic carbocycles. The van der Waals surface area contributed by atoms with Gasteiger partial charge in [-0.1, -0.05) is 32.9 Å². The fraction of sp³-hybridized carbons (Fsp3) is 0.625. The lowest BCUT2D eigenvalue weighted by atomic mass is 10.1. The number of aryl methyl sites for hydroxylation is 1. The Kier molecular flexibility index (Phi) is 5.17. The van der Waals surface area contributed by atoms with Crippen LogP contribution in [-0.4, -0.2) is 30.1 Å². The molecule has 2 atom stereocenters. The highest BCUT2D eigenvalue weighted by Gasteiger charge is 2.23. The molecule has 1 aromatic rings. The zero-order valence-corrected chi connectivity index (χ0v) is 13.4. The normalized spacial score (nSPS) is 23.7. The Balaban J connectivity index is 2.11. The van der Waals surface area contributed by atoms with Crippen molar-refractivity contribution in [3.05, 3.63) is 29.3 Å². The molecule has 0 saturated carbocycles. The topological polar surface area (TPSA) is 15.3 Å². The maximum Gasteiger partial charge on any atom is 0.0396 e. The van der Waals surface area contributed by atoms with Crippen LogP contribution in [0.1, 0.15) is 31.9 Å². The average molecular weight is 278 g/mol. The second-order valence-corrected chi connectivity index (χ2v) is 7.45. The average Bonchev–Trinajstić information content (AvgIpc) is 2.35. The number of hydrogen-bond donors (Lipinski definition) is 1. The summed E-state index contributed by atoms with van der Waals surface area (Å²) in [6.07, 6.45) is 0. The van der Waals surface area contributed by atoms with E-state index in [1.54, 1.807) is 0 Å². The molecule has 1 N–H and O–H groups in total. The molecule has 0 amide bonds. The largest absolute Gasteiger partial charge is 0.369 e. The van der Waals surface area contributed by atoms with Gasteiger partial charge in [0.25, 0.3) is 0 Å². The van der Waals surface area contributed by atoms with Crippen molar-refractivity contribution in [3.63, 3.8) is 0 Å². The van der Waals surface area contributed by atoms with E-state index in [1.165, 1.54) is 29.9 Å². The molecule has 0 bridgehead atoms. The third kappa shape index (κ3) is 3.90. The molecule has 0 spiro atoms. The number of benzene rings is 1. The summed E-state index contributed by atoms with van der Waals surface area (Å²) in [5.41, 5.74) is 4.21. The van der Waals surface area contributed by atoms with Crippen molar-refractivity contribution in [2.45, 2.75) is 44.7 Å². The molecule has 0 aromatic heterocycles. The van der Waals surface area contributed by atoms with Crippen molar-refractivity contribution >= 4 is 17.4 Å². The van der Waals surface area contributed by atoms with E-state index in [1.807, 2.05) is 0 Å². The zero-order valence-electron chi connectivity index (χ0n) is 12.6. The van der Waals surface area contributed by atoms with Crippen LogP contribution in [0.15, 0.2) is 18.2 Å². The second-order valence-electron chi connectivity index (χ2n) is 5.56. The van der Waals surface area contributed by atoms with Crippen LogP contribution in [-0.2, 0) is 6.54 Å². The Morgan fingerprint density at radius 2 is 1.95 bits per heavy atom. The van der Waals surface area contributed by atoms with Gasteiger partial charge >= 0.3 is 0 Å². The fourth-order valence-electron chi connectivity index (χ4n) is 2.83. The maximum atomic E-state index is 3.39. The summed E-state index contributed by atoms with van der Waals surface area (Å²) in [5, 5.41) is 4.84. The Labute approximate surface area is 122 Å². The quantitative estimate of drug-likeness (QED) is 0.908. The number of thioether (sulfide) groups is 1. The lowest BCUT2D eigenvalue weighted by molar-refractivity contribution is 0.719. The number of nitrogens with zero attached hydrogens (tertiary/aromatic N) is 1. The minimum absolute atomic E-state index is 0.726. The lowest BCUT2D eigenvalue weighted by Crippen LogP contribution is -2.40. The molecule has 1 fully saturated rings. The van der Waals surface area contributed by atoms with Gasteiger partial charge in [0.2, 0.25) is 0 Å². The first-order chi connectivity index (χ1) is 9.10. The molecular weight excluding hydrogens is 252 g/mol. The summed E-state index contributed by atoms with van der Waals surface area (Å²) in [6.45, 7) is 13.4. The van der Waals surface area contributed by atoms with Crippen molar-refractivity contribution in [1.82, 2.24) is 5.32 Å². The number of hydrogen-bond acceptors (Lipinski definition) is 3. The third-order valence-corrected chi connectivity index (χ3v) is 4.83.